The molecule has 2 aromatic carbocycles. The number of piperidine rings is 1. The highest BCUT2D eigenvalue weighted by molar-refractivity contribution is 6.33. The molecule has 33 heavy (non-hydrogen) atoms. The largest absolute Gasteiger partial charge is 0.383 e. The van der Waals surface area contributed by atoms with Crippen LogP contribution in [0.25, 0.3) is 0 Å². The molecule has 0 radical (unpaired) electrons. The van der Waals surface area contributed by atoms with E-state index < -0.39 is 11.9 Å². The number of hydrogen-bond acceptors (Lipinski definition) is 4. The molecule has 0 spiro atoms. The molecule has 2 aromatic rings. The Hall–Kier alpha value is -2.90. The highest BCUT2D eigenvalue weighted by atomic mass is 35.5. The van der Waals surface area contributed by atoms with Crippen LogP contribution in [0.3, 0.4) is 0 Å². The van der Waals surface area contributed by atoms with E-state index in [2.05, 4.69) is 10.6 Å². The molecule has 3 amide bonds. The first-order chi connectivity index (χ1) is 15.9. The molecule has 176 valence electrons. The van der Waals surface area contributed by atoms with Crippen LogP contribution in [0.15, 0.2) is 48.5 Å². The minimum atomic E-state index is -0.734. The second-order valence-corrected chi connectivity index (χ2v) is 8.62. The van der Waals surface area contributed by atoms with Gasteiger partial charge < -0.3 is 20.3 Å². The molecular weight excluding hydrogens is 442 g/mol. The molecule has 0 aliphatic carbocycles. The molecule has 8 heteroatoms. The summed E-state index contributed by atoms with van der Waals surface area (Å²) in [5.41, 5.74) is 2.07. The van der Waals surface area contributed by atoms with Gasteiger partial charge in [-0.05, 0) is 49.9 Å². The third kappa shape index (κ3) is 6.55. The van der Waals surface area contributed by atoms with E-state index in [4.69, 9.17) is 16.3 Å². The van der Waals surface area contributed by atoms with Crippen molar-refractivity contribution in [2.75, 3.05) is 33.4 Å². The number of ether oxygens (including phenoxy) is 1. The normalized spacial score (nSPS) is 15.1. The first-order valence-corrected chi connectivity index (χ1v) is 11.5. The Kier molecular flexibility index (Phi) is 8.86. The number of nitrogens with one attached hydrogen (secondary N) is 2. The number of likely N-dealkylation sites (tertiary alicyclic amines) is 1. The molecule has 1 fully saturated rings. The molecule has 1 aliphatic rings. The fourth-order valence-electron chi connectivity index (χ4n) is 3.96. The molecule has 1 unspecified atom stereocenters. The number of rotatable bonds is 8. The van der Waals surface area contributed by atoms with Crippen LogP contribution in [0.5, 0.6) is 0 Å². The quantitative estimate of drug-likeness (QED) is 0.579. The smallest absolute Gasteiger partial charge is 0.253 e. The van der Waals surface area contributed by atoms with Crippen molar-refractivity contribution >= 4 is 29.3 Å². The summed E-state index contributed by atoms with van der Waals surface area (Å²) in [7, 11) is 1.56. The van der Waals surface area contributed by atoms with Crippen LogP contribution in [0.1, 0.15) is 39.1 Å². The van der Waals surface area contributed by atoms with E-state index >= 15 is 0 Å². The number of aryl methyl sites for hydroxylation is 1. The van der Waals surface area contributed by atoms with Crippen molar-refractivity contribution in [3.63, 3.8) is 0 Å². The van der Waals surface area contributed by atoms with Gasteiger partial charge in [-0.3, -0.25) is 14.4 Å². The highest BCUT2D eigenvalue weighted by Gasteiger charge is 2.34. The predicted octanol–water partition coefficient (Wildman–Crippen LogP) is 3.06. The summed E-state index contributed by atoms with van der Waals surface area (Å²) in [6, 6.07) is 13.5. The van der Waals surface area contributed by atoms with Crippen LogP contribution < -0.4 is 10.6 Å². The molecular formula is C25H30ClN3O4. The van der Waals surface area contributed by atoms with Gasteiger partial charge in [-0.2, -0.15) is 0 Å². The second-order valence-electron chi connectivity index (χ2n) is 8.21. The molecule has 7 nitrogen and oxygen atoms in total. The van der Waals surface area contributed by atoms with Crippen molar-refractivity contribution in [2.45, 2.75) is 25.8 Å². The summed E-state index contributed by atoms with van der Waals surface area (Å²) in [6.45, 7) is 3.73. The van der Waals surface area contributed by atoms with Gasteiger partial charge in [0.2, 0.25) is 5.91 Å². The highest BCUT2D eigenvalue weighted by Crippen LogP contribution is 2.24. The Morgan fingerprint density at radius 2 is 1.76 bits per heavy atom. The molecule has 2 N–H and O–H groups in total. The Bertz CT molecular complexity index is 972. The Morgan fingerprint density at radius 3 is 2.39 bits per heavy atom. The topological polar surface area (TPSA) is 87.7 Å². The number of halogens is 1. The van der Waals surface area contributed by atoms with Crippen LogP contribution >= 0.6 is 11.6 Å². The third-order valence-electron chi connectivity index (χ3n) is 5.89. The lowest BCUT2D eigenvalue weighted by Crippen LogP contribution is -2.54. The van der Waals surface area contributed by atoms with E-state index in [0.29, 0.717) is 55.2 Å². The van der Waals surface area contributed by atoms with Gasteiger partial charge in [0.05, 0.1) is 17.2 Å². The zero-order valence-corrected chi connectivity index (χ0v) is 19.7. The van der Waals surface area contributed by atoms with Crippen LogP contribution in [-0.4, -0.2) is 62.0 Å². The van der Waals surface area contributed by atoms with Gasteiger partial charge in [-0.1, -0.05) is 41.4 Å². The SMILES string of the molecule is COCCNC(=O)C(NC(=O)c1ccccc1Cl)C1CCN(C(=O)c2ccc(C)cc2)CC1. The summed E-state index contributed by atoms with van der Waals surface area (Å²) in [5.74, 6) is -0.794. The van der Waals surface area contributed by atoms with E-state index in [1.54, 1.807) is 36.3 Å². The van der Waals surface area contributed by atoms with Gasteiger partial charge in [0, 0.05) is 32.3 Å². The van der Waals surface area contributed by atoms with Crippen LogP contribution in [0.2, 0.25) is 5.02 Å². The summed E-state index contributed by atoms with van der Waals surface area (Å²) < 4.78 is 5.01. The standard InChI is InChI=1S/C25H30ClN3O4/c1-17-7-9-19(10-8-17)25(32)29-14-11-18(12-15-29)22(24(31)27-13-16-33-2)28-23(30)20-5-3-4-6-21(20)26/h3-10,18,22H,11-16H2,1-2H3,(H,27,31)(H,28,30). The summed E-state index contributed by atoms with van der Waals surface area (Å²) >= 11 is 6.17. The van der Waals surface area contributed by atoms with Crippen LogP contribution in [-0.2, 0) is 9.53 Å². The first-order valence-electron chi connectivity index (χ1n) is 11.1. The Balaban J connectivity index is 1.68. The number of hydrogen-bond donors (Lipinski definition) is 2. The van der Waals surface area contributed by atoms with Crippen LogP contribution in [0, 0.1) is 12.8 Å². The Labute approximate surface area is 199 Å². The fraction of sp³-hybridized carbons (Fsp3) is 0.400. The predicted molar refractivity (Wildman–Crippen MR) is 127 cm³/mol. The molecule has 1 saturated heterocycles. The zero-order valence-electron chi connectivity index (χ0n) is 19.0. The molecule has 1 atom stereocenters. The van der Waals surface area contributed by atoms with Gasteiger partial charge in [0.1, 0.15) is 6.04 Å². The van der Waals surface area contributed by atoms with E-state index in [1.807, 2.05) is 31.2 Å². The monoisotopic (exact) mass is 471 g/mol. The zero-order chi connectivity index (χ0) is 23.8. The van der Waals surface area contributed by atoms with E-state index in [1.165, 1.54) is 0 Å². The van der Waals surface area contributed by atoms with Gasteiger partial charge in [-0.25, -0.2) is 0 Å². The maximum Gasteiger partial charge on any atom is 0.253 e. The lowest BCUT2D eigenvalue weighted by Gasteiger charge is -2.36. The lowest BCUT2D eigenvalue weighted by atomic mass is 9.88. The van der Waals surface area contributed by atoms with Crippen molar-refractivity contribution in [2.24, 2.45) is 5.92 Å². The third-order valence-corrected chi connectivity index (χ3v) is 6.22. The molecule has 1 heterocycles. The average Bonchev–Trinajstić information content (AvgIpc) is 2.83. The number of carbonyl (C=O) groups is 3. The number of carbonyl (C=O) groups excluding carboxylic acids is 3. The van der Waals surface area contributed by atoms with Crippen molar-refractivity contribution in [1.82, 2.24) is 15.5 Å². The van der Waals surface area contributed by atoms with Crippen LogP contribution in [0.4, 0.5) is 0 Å². The summed E-state index contributed by atoms with van der Waals surface area (Å²) in [6.07, 6.45) is 1.20. The second kappa shape index (κ2) is 11.8. The molecule has 3 rings (SSSR count). The van der Waals surface area contributed by atoms with Crippen molar-refractivity contribution in [3.8, 4) is 0 Å². The van der Waals surface area contributed by atoms with Crippen molar-refractivity contribution in [1.29, 1.82) is 0 Å². The number of benzene rings is 2. The van der Waals surface area contributed by atoms with Crippen molar-refractivity contribution < 1.29 is 19.1 Å². The maximum absolute atomic E-state index is 12.9. The van der Waals surface area contributed by atoms with Gasteiger partial charge in [0.25, 0.3) is 11.8 Å². The first kappa shape index (κ1) is 24.7. The minimum absolute atomic E-state index is 0.0188. The van der Waals surface area contributed by atoms with Crippen molar-refractivity contribution in [3.05, 3.63) is 70.2 Å². The number of amides is 3. The van der Waals surface area contributed by atoms with E-state index in [9.17, 15) is 14.4 Å². The summed E-state index contributed by atoms with van der Waals surface area (Å²) in [4.78, 5) is 40.5. The molecule has 0 bridgehead atoms. The summed E-state index contributed by atoms with van der Waals surface area (Å²) in [5, 5.41) is 6.02. The molecule has 1 aliphatic heterocycles. The van der Waals surface area contributed by atoms with Gasteiger partial charge in [-0.15, -0.1) is 0 Å². The molecule has 0 saturated carbocycles. The van der Waals surface area contributed by atoms with E-state index in [0.717, 1.165) is 5.56 Å². The van der Waals surface area contributed by atoms with Gasteiger partial charge >= 0.3 is 0 Å². The molecule has 0 aromatic heterocycles. The fourth-order valence-corrected chi connectivity index (χ4v) is 4.18. The van der Waals surface area contributed by atoms with Gasteiger partial charge in [0.15, 0.2) is 0 Å². The number of nitrogens with zero attached hydrogens (tertiary/aromatic N) is 1. The lowest BCUT2D eigenvalue weighted by molar-refractivity contribution is -0.124. The number of methoxy groups -OCH3 is 1. The Morgan fingerprint density at radius 1 is 1.09 bits per heavy atom. The van der Waals surface area contributed by atoms with E-state index in [-0.39, 0.29) is 17.7 Å². The minimum Gasteiger partial charge on any atom is -0.383 e. The maximum atomic E-state index is 12.9. The average molecular weight is 472 g/mol.